The van der Waals surface area contributed by atoms with Crippen LogP contribution in [0.4, 0.5) is 4.79 Å². The molecule has 1 saturated heterocycles. The number of halogens is 1. The number of benzene rings is 1. The van der Waals surface area contributed by atoms with Crippen LogP contribution in [-0.2, 0) is 14.0 Å². The standard InChI is InChI=1S/C23H30BClN2O4/c1-21(2,3)29-20(28)26-14-17(24-30-22(4,5)23(6,7)31-24)13-16-12-15-10-8-9-11-18(15)27-19(16)25/h8-13H,14H2,1-7H3,(H,26,28). The molecule has 0 unspecified atom stereocenters. The van der Waals surface area contributed by atoms with Crippen molar-refractivity contribution < 1.29 is 18.8 Å². The van der Waals surface area contributed by atoms with E-state index in [9.17, 15) is 4.79 Å². The number of aromatic nitrogens is 1. The van der Waals surface area contributed by atoms with Crippen molar-refractivity contribution in [2.75, 3.05) is 6.54 Å². The average molecular weight is 445 g/mol. The molecular formula is C23H30BClN2O4. The summed E-state index contributed by atoms with van der Waals surface area (Å²) in [5, 5.41) is 4.12. The first-order valence-electron chi connectivity index (χ1n) is 10.4. The minimum atomic E-state index is -0.650. The monoisotopic (exact) mass is 444 g/mol. The molecule has 1 aliphatic rings. The van der Waals surface area contributed by atoms with E-state index in [1.165, 1.54) is 0 Å². The first-order valence-corrected chi connectivity index (χ1v) is 10.7. The number of para-hydroxylation sites is 1. The first kappa shape index (κ1) is 23.6. The van der Waals surface area contributed by atoms with Crippen molar-refractivity contribution >= 4 is 41.8 Å². The van der Waals surface area contributed by atoms with Crippen LogP contribution in [0.25, 0.3) is 17.0 Å². The molecule has 166 valence electrons. The molecule has 2 heterocycles. The van der Waals surface area contributed by atoms with E-state index in [0.717, 1.165) is 16.5 Å². The van der Waals surface area contributed by atoms with Crippen LogP contribution in [0.5, 0.6) is 0 Å². The van der Waals surface area contributed by atoms with E-state index in [1.807, 2.05) is 84.9 Å². The molecule has 1 N–H and O–H groups in total. The molecule has 6 nitrogen and oxygen atoms in total. The topological polar surface area (TPSA) is 69.7 Å². The van der Waals surface area contributed by atoms with Gasteiger partial charge < -0.3 is 19.4 Å². The highest BCUT2D eigenvalue weighted by molar-refractivity contribution is 6.56. The van der Waals surface area contributed by atoms with Crippen molar-refractivity contribution in [1.82, 2.24) is 10.3 Å². The van der Waals surface area contributed by atoms with Gasteiger partial charge in [0.1, 0.15) is 10.8 Å². The van der Waals surface area contributed by atoms with Gasteiger partial charge in [-0.2, -0.15) is 0 Å². The fourth-order valence-corrected chi connectivity index (χ4v) is 3.30. The second kappa shape index (κ2) is 8.45. The van der Waals surface area contributed by atoms with Gasteiger partial charge in [0.15, 0.2) is 0 Å². The Morgan fingerprint density at radius 3 is 2.42 bits per heavy atom. The minimum Gasteiger partial charge on any atom is -0.444 e. The highest BCUT2D eigenvalue weighted by atomic mass is 35.5. The number of hydrogen-bond acceptors (Lipinski definition) is 5. The second-order valence-corrected chi connectivity index (χ2v) is 10.1. The largest absolute Gasteiger partial charge is 0.492 e. The number of nitrogens with zero attached hydrogens (tertiary/aromatic N) is 1. The zero-order chi connectivity index (χ0) is 23.0. The second-order valence-electron chi connectivity index (χ2n) is 9.72. The highest BCUT2D eigenvalue weighted by Crippen LogP contribution is 2.39. The van der Waals surface area contributed by atoms with Gasteiger partial charge in [-0.1, -0.05) is 35.9 Å². The zero-order valence-corrected chi connectivity index (χ0v) is 20.0. The van der Waals surface area contributed by atoms with Gasteiger partial charge in [-0.05, 0) is 66.1 Å². The van der Waals surface area contributed by atoms with Gasteiger partial charge in [-0.25, -0.2) is 9.78 Å². The molecular weight excluding hydrogens is 415 g/mol. The number of carbonyl (C=O) groups excluding carboxylic acids is 1. The normalized spacial score (nSPS) is 18.3. The Labute approximate surface area is 189 Å². The number of fused-ring (bicyclic) bond motifs is 1. The first-order chi connectivity index (χ1) is 14.3. The van der Waals surface area contributed by atoms with Gasteiger partial charge in [-0.15, -0.1) is 0 Å². The number of hydrogen-bond donors (Lipinski definition) is 1. The van der Waals surface area contributed by atoms with Gasteiger partial charge in [0, 0.05) is 17.5 Å². The number of ether oxygens (including phenoxy) is 1. The summed E-state index contributed by atoms with van der Waals surface area (Å²) in [7, 11) is -0.650. The summed E-state index contributed by atoms with van der Waals surface area (Å²) in [4.78, 5) is 16.7. The fourth-order valence-electron chi connectivity index (χ4n) is 3.09. The van der Waals surface area contributed by atoms with Crippen LogP contribution in [-0.4, -0.2) is 41.5 Å². The van der Waals surface area contributed by atoms with Crippen molar-refractivity contribution in [2.24, 2.45) is 0 Å². The number of nitrogens with one attached hydrogen (secondary N) is 1. The molecule has 1 aromatic heterocycles. The molecule has 31 heavy (non-hydrogen) atoms. The SMILES string of the molecule is CC(C)(C)OC(=O)NCC(=Cc1cc2ccccc2nc1Cl)B1OC(C)(C)C(C)(C)O1. The summed E-state index contributed by atoms with van der Waals surface area (Å²) < 4.78 is 17.8. The summed E-state index contributed by atoms with van der Waals surface area (Å²) >= 11 is 6.47. The van der Waals surface area contributed by atoms with Crippen LogP contribution >= 0.6 is 11.6 Å². The Balaban J connectivity index is 1.94. The molecule has 0 atom stereocenters. The quantitative estimate of drug-likeness (QED) is 0.503. The number of pyridine rings is 1. The van der Waals surface area contributed by atoms with E-state index in [4.69, 9.17) is 25.6 Å². The summed E-state index contributed by atoms with van der Waals surface area (Å²) in [6.45, 7) is 13.6. The molecule has 1 amide bonds. The van der Waals surface area contributed by atoms with Crippen LogP contribution < -0.4 is 5.32 Å². The molecule has 0 saturated carbocycles. The van der Waals surface area contributed by atoms with Crippen molar-refractivity contribution in [3.8, 4) is 0 Å². The van der Waals surface area contributed by atoms with Crippen molar-refractivity contribution in [3.05, 3.63) is 46.5 Å². The molecule has 2 aromatic rings. The van der Waals surface area contributed by atoms with Crippen LogP contribution in [0.2, 0.25) is 5.15 Å². The zero-order valence-electron chi connectivity index (χ0n) is 19.2. The number of carbonyl (C=O) groups is 1. The molecule has 1 aliphatic heterocycles. The van der Waals surface area contributed by atoms with Crippen molar-refractivity contribution in [2.45, 2.75) is 65.3 Å². The van der Waals surface area contributed by atoms with E-state index in [0.29, 0.717) is 10.6 Å². The van der Waals surface area contributed by atoms with Crippen LogP contribution in [0.3, 0.4) is 0 Å². The Morgan fingerprint density at radius 2 is 1.81 bits per heavy atom. The lowest BCUT2D eigenvalue weighted by molar-refractivity contribution is 0.00578. The molecule has 0 radical (unpaired) electrons. The fraction of sp³-hybridized carbons (Fsp3) is 0.478. The summed E-state index contributed by atoms with van der Waals surface area (Å²) in [5.74, 6) is 0. The molecule has 1 aromatic carbocycles. The Bertz CT molecular complexity index is 998. The van der Waals surface area contributed by atoms with Gasteiger partial charge in [0.05, 0.1) is 16.7 Å². The predicted octanol–water partition coefficient (Wildman–Crippen LogP) is 5.43. The molecule has 0 spiro atoms. The van der Waals surface area contributed by atoms with Crippen molar-refractivity contribution in [3.63, 3.8) is 0 Å². The number of alkyl carbamates (subject to hydrolysis) is 1. The molecule has 1 fully saturated rings. The van der Waals surface area contributed by atoms with E-state index >= 15 is 0 Å². The lowest BCUT2D eigenvalue weighted by atomic mass is 9.77. The molecule has 3 rings (SSSR count). The van der Waals surface area contributed by atoms with Crippen LogP contribution in [0.1, 0.15) is 54.0 Å². The maximum atomic E-state index is 12.2. The molecule has 8 heteroatoms. The van der Waals surface area contributed by atoms with Gasteiger partial charge in [-0.3, -0.25) is 0 Å². The maximum absolute atomic E-state index is 12.2. The van der Waals surface area contributed by atoms with E-state index in [-0.39, 0.29) is 6.54 Å². The van der Waals surface area contributed by atoms with Gasteiger partial charge in [0.2, 0.25) is 0 Å². The highest BCUT2D eigenvalue weighted by Gasteiger charge is 2.52. The summed E-state index contributed by atoms with van der Waals surface area (Å²) in [6.07, 6.45) is 1.35. The molecule has 0 aliphatic carbocycles. The van der Waals surface area contributed by atoms with E-state index < -0.39 is 30.0 Å². The third kappa shape index (κ3) is 5.59. The molecule has 0 bridgehead atoms. The third-order valence-corrected chi connectivity index (χ3v) is 5.74. The number of rotatable bonds is 4. The predicted molar refractivity (Wildman–Crippen MR) is 125 cm³/mol. The van der Waals surface area contributed by atoms with Gasteiger partial charge >= 0.3 is 13.2 Å². The van der Waals surface area contributed by atoms with Crippen LogP contribution in [0, 0.1) is 0 Å². The Morgan fingerprint density at radius 1 is 1.19 bits per heavy atom. The Kier molecular flexibility index (Phi) is 6.43. The lowest BCUT2D eigenvalue weighted by Crippen LogP contribution is -2.41. The van der Waals surface area contributed by atoms with E-state index in [2.05, 4.69) is 10.3 Å². The van der Waals surface area contributed by atoms with Crippen molar-refractivity contribution in [1.29, 1.82) is 0 Å². The van der Waals surface area contributed by atoms with Gasteiger partial charge in [0.25, 0.3) is 0 Å². The lowest BCUT2D eigenvalue weighted by Gasteiger charge is -2.32. The third-order valence-electron chi connectivity index (χ3n) is 5.44. The van der Waals surface area contributed by atoms with E-state index in [1.54, 1.807) is 0 Å². The number of amides is 1. The Hall–Kier alpha value is -2.09. The smallest absolute Gasteiger partial charge is 0.444 e. The minimum absolute atomic E-state index is 0.175. The maximum Gasteiger partial charge on any atom is 0.492 e. The van der Waals surface area contributed by atoms with Crippen LogP contribution in [0.15, 0.2) is 35.8 Å². The average Bonchev–Trinajstić information content (AvgIpc) is 2.84. The summed E-state index contributed by atoms with van der Waals surface area (Å²) in [5.41, 5.74) is 0.611. The summed E-state index contributed by atoms with van der Waals surface area (Å²) in [6, 6.07) is 9.72.